The summed E-state index contributed by atoms with van der Waals surface area (Å²) in [5, 5.41) is 10.5. The number of benzene rings is 1. The van der Waals surface area contributed by atoms with Crippen molar-refractivity contribution in [2.75, 3.05) is 13.1 Å². The van der Waals surface area contributed by atoms with Gasteiger partial charge >= 0.3 is 0 Å². The molecule has 1 aromatic rings. The van der Waals surface area contributed by atoms with E-state index in [2.05, 4.69) is 20.8 Å². The minimum absolute atomic E-state index is 0.358. The molecule has 1 heterocycles. The molecule has 0 unspecified atom stereocenters. The highest BCUT2D eigenvalue weighted by molar-refractivity contribution is 9.10. The summed E-state index contributed by atoms with van der Waals surface area (Å²) in [7, 11) is 0. The first-order valence-corrected chi connectivity index (χ1v) is 8.71. The lowest BCUT2D eigenvalue weighted by atomic mass is 9.78. The molecule has 2 aliphatic rings. The quantitative estimate of drug-likeness (QED) is 0.895. The predicted octanol–water partition coefficient (Wildman–Crippen LogP) is 4.14. The van der Waals surface area contributed by atoms with Gasteiger partial charge in [0.25, 0.3) is 0 Å². The van der Waals surface area contributed by atoms with E-state index in [1.54, 1.807) is 0 Å². The van der Waals surface area contributed by atoms with Crippen molar-refractivity contribution in [2.24, 2.45) is 5.92 Å². The average molecular weight is 338 g/mol. The number of aliphatic hydroxyl groups is 1. The van der Waals surface area contributed by atoms with Crippen molar-refractivity contribution in [3.63, 3.8) is 0 Å². The zero-order valence-corrected chi connectivity index (χ0v) is 13.6. The molecular weight excluding hydrogens is 314 g/mol. The second-order valence-electron chi connectivity index (χ2n) is 6.32. The van der Waals surface area contributed by atoms with E-state index < -0.39 is 0 Å². The minimum atomic E-state index is -0.358. The Morgan fingerprint density at radius 1 is 1.10 bits per heavy atom. The number of hydrogen-bond acceptors (Lipinski definition) is 2. The standard InChI is InChI=1S/C17H24BrNO/c18-15-9-7-14(8-10-15)17(20)12-19-11-3-5-13-4-1-2-6-16(13)19/h7-10,13,16-17,20H,1-6,11-12H2/t13-,16+,17+/m1/s1. The van der Waals surface area contributed by atoms with Crippen LogP contribution in [0.2, 0.25) is 0 Å². The second kappa shape index (κ2) is 6.59. The van der Waals surface area contributed by atoms with Gasteiger partial charge in [-0.2, -0.15) is 0 Å². The number of piperidine rings is 1. The average Bonchev–Trinajstić information content (AvgIpc) is 2.48. The van der Waals surface area contributed by atoms with Crippen molar-refractivity contribution < 1.29 is 5.11 Å². The lowest BCUT2D eigenvalue weighted by molar-refractivity contribution is 0.0205. The third-order valence-corrected chi connectivity index (χ3v) is 5.55. The number of hydrogen-bond donors (Lipinski definition) is 1. The highest BCUT2D eigenvalue weighted by Crippen LogP contribution is 2.36. The van der Waals surface area contributed by atoms with Gasteiger partial charge < -0.3 is 5.11 Å². The van der Waals surface area contributed by atoms with Crippen molar-refractivity contribution in [3.05, 3.63) is 34.3 Å². The summed E-state index contributed by atoms with van der Waals surface area (Å²) in [5.41, 5.74) is 1.03. The van der Waals surface area contributed by atoms with Gasteiger partial charge in [0.2, 0.25) is 0 Å². The van der Waals surface area contributed by atoms with Crippen LogP contribution in [0.4, 0.5) is 0 Å². The molecule has 1 saturated heterocycles. The molecule has 3 heteroatoms. The van der Waals surface area contributed by atoms with E-state index in [4.69, 9.17) is 0 Å². The first-order chi connectivity index (χ1) is 9.74. The fourth-order valence-electron chi connectivity index (χ4n) is 3.97. The van der Waals surface area contributed by atoms with E-state index in [-0.39, 0.29) is 6.10 Å². The van der Waals surface area contributed by atoms with Crippen LogP contribution < -0.4 is 0 Å². The van der Waals surface area contributed by atoms with Crippen LogP contribution in [0.15, 0.2) is 28.7 Å². The Balaban J connectivity index is 1.65. The molecule has 1 aromatic carbocycles. The van der Waals surface area contributed by atoms with Crippen molar-refractivity contribution in [1.82, 2.24) is 4.90 Å². The Hall–Kier alpha value is -0.380. The third kappa shape index (κ3) is 3.26. The van der Waals surface area contributed by atoms with E-state index >= 15 is 0 Å². The molecule has 1 saturated carbocycles. The van der Waals surface area contributed by atoms with Crippen LogP contribution in [0.3, 0.4) is 0 Å². The summed E-state index contributed by atoms with van der Waals surface area (Å²) >= 11 is 3.45. The molecule has 20 heavy (non-hydrogen) atoms. The zero-order valence-electron chi connectivity index (χ0n) is 12.0. The summed E-state index contributed by atoms with van der Waals surface area (Å²) in [6.45, 7) is 1.96. The lowest BCUT2D eigenvalue weighted by Crippen LogP contribution is -2.48. The van der Waals surface area contributed by atoms with Crippen molar-refractivity contribution >= 4 is 15.9 Å². The fourth-order valence-corrected chi connectivity index (χ4v) is 4.23. The van der Waals surface area contributed by atoms with Crippen LogP contribution in [0.25, 0.3) is 0 Å². The number of nitrogens with zero attached hydrogens (tertiary/aromatic N) is 1. The largest absolute Gasteiger partial charge is 0.387 e. The van der Waals surface area contributed by atoms with Gasteiger partial charge in [0.15, 0.2) is 0 Å². The van der Waals surface area contributed by atoms with Gasteiger partial charge in [-0.15, -0.1) is 0 Å². The Bertz CT molecular complexity index is 431. The van der Waals surface area contributed by atoms with Crippen molar-refractivity contribution in [3.8, 4) is 0 Å². The van der Waals surface area contributed by atoms with Gasteiger partial charge in [0, 0.05) is 17.1 Å². The SMILES string of the molecule is O[C@@H](CN1CCC[C@H]2CCCC[C@@H]21)c1ccc(Br)cc1. The van der Waals surface area contributed by atoms with Gasteiger partial charge in [-0.3, -0.25) is 4.90 Å². The fraction of sp³-hybridized carbons (Fsp3) is 0.647. The van der Waals surface area contributed by atoms with E-state index in [1.807, 2.05) is 24.3 Å². The van der Waals surface area contributed by atoms with Crippen LogP contribution in [0.5, 0.6) is 0 Å². The topological polar surface area (TPSA) is 23.5 Å². The molecule has 0 radical (unpaired) electrons. The first-order valence-electron chi connectivity index (χ1n) is 7.91. The van der Waals surface area contributed by atoms with Gasteiger partial charge in [-0.25, -0.2) is 0 Å². The summed E-state index contributed by atoms with van der Waals surface area (Å²) < 4.78 is 1.07. The Kier molecular flexibility index (Phi) is 4.79. The predicted molar refractivity (Wildman–Crippen MR) is 85.7 cm³/mol. The van der Waals surface area contributed by atoms with Crippen LogP contribution in [-0.2, 0) is 0 Å². The van der Waals surface area contributed by atoms with E-state index in [1.165, 1.54) is 38.5 Å². The second-order valence-corrected chi connectivity index (χ2v) is 7.23. The normalized spacial score (nSPS) is 28.9. The Labute approximate surface area is 130 Å². The maximum atomic E-state index is 10.5. The summed E-state index contributed by atoms with van der Waals surface area (Å²) in [5.74, 6) is 0.884. The molecule has 0 bridgehead atoms. The van der Waals surface area contributed by atoms with Crippen LogP contribution >= 0.6 is 15.9 Å². The Morgan fingerprint density at radius 2 is 1.80 bits per heavy atom. The van der Waals surface area contributed by atoms with E-state index in [9.17, 15) is 5.11 Å². The van der Waals surface area contributed by atoms with Crippen LogP contribution in [0.1, 0.15) is 50.2 Å². The maximum absolute atomic E-state index is 10.5. The highest BCUT2D eigenvalue weighted by Gasteiger charge is 2.33. The smallest absolute Gasteiger partial charge is 0.0917 e. The molecule has 1 N–H and O–H groups in total. The number of halogens is 1. The molecule has 1 aliphatic heterocycles. The molecule has 0 aromatic heterocycles. The molecule has 3 rings (SSSR count). The number of aliphatic hydroxyl groups excluding tert-OH is 1. The lowest BCUT2D eigenvalue weighted by Gasteiger charge is -2.44. The van der Waals surface area contributed by atoms with E-state index in [0.29, 0.717) is 0 Å². The highest BCUT2D eigenvalue weighted by atomic mass is 79.9. The molecule has 110 valence electrons. The molecule has 1 aliphatic carbocycles. The number of likely N-dealkylation sites (tertiary alicyclic amines) is 1. The van der Waals surface area contributed by atoms with E-state index in [0.717, 1.165) is 35.1 Å². The number of rotatable bonds is 3. The molecule has 2 nitrogen and oxygen atoms in total. The Morgan fingerprint density at radius 3 is 2.60 bits per heavy atom. The molecule has 0 spiro atoms. The zero-order chi connectivity index (χ0) is 13.9. The van der Waals surface area contributed by atoms with Gasteiger partial charge in [-0.1, -0.05) is 40.9 Å². The van der Waals surface area contributed by atoms with Crippen molar-refractivity contribution in [2.45, 2.75) is 50.7 Å². The maximum Gasteiger partial charge on any atom is 0.0917 e. The molecule has 3 atom stereocenters. The summed E-state index contributed by atoms with van der Waals surface area (Å²) in [4.78, 5) is 2.56. The third-order valence-electron chi connectivity index (χ3n) is 5.02. The number of fused-ring (bicyclic) bond motifs is 1. The first kappa shape index (κ1) is 14.6. The van der Waals surface area contributed by atoms with Gasteiger partial charge in [0.1, 0.15) is 0 Å². The minimum Gasteiger partial charge on any atom is -0.387 e. The van der Waals surface area contributed by atoms with Gasteiger partial charge in [-0.05, 0) is 55.8 Å². The molecule has 2 fully saturated rings. The summed E-state index contributed by atoms with van der Waals surface area (Å²) in [6.07, 6.45) is 7.84. The summed E-state index contributed by atoms with van der Waals surface area (Å²) in [6, 6.07) is 8.80. The van der Waals surface area contributed by atoms with Crippen LogP contribution in [0, 0.1) is 5.92 Å². The van der Waals surface area contributed by atoms with Crippen molar-refractivity contribution in [1.29, 1.82) is 0 Å². The molecular formula is C17H24BrNO. The molecule has 0 amide bonds. The number of β-amino-alcohol motifs (C(OH)–C–C–N with tert-alkyl or cyclic N) is 1. The van der Waals surface area contributed by atoms with Gasteiger partial charge in [0.05, 0.1) is 6.10 Å². The van der Waals surface area contributed by atoms with Crippen LogP contribution in [-0.4, -0.2) is 29.1 Å². The monoisotopic (exact) mass is 337 g/mol.